The van der Waals surface area contributed by atoms with Crippen molar-refractivity contribution in [2.75, 3.05) is 7.11 Å². The van der Waals surface area contributed by atoms with Crippen molar-refractivity contribution in [2.45, 2.75) is 12.9 Å². The van der Waals surface area contributed by atoms with Crippen LogP contribution in [-0.4, -0.2) is 22.3 Å². The van der Waals surface area contributed by atoms with E-state index < -0.39 is 6.00 Å². The summed E-state index contributed by atoms with van der Waals surface area (Å²) in [7, 11) is 2.63. The first kappa shape index (κ1) is 6.27. The molecular weight excluding hydrogens is 111 g/mol. The normalized spacial score (nSPS) is 11.1. The van der Waals surface area contributed by atoms with Gasteiger partial charge in [0.1, 0.15) is 7.81 Å². The molecule has 0 saturated carbocycles. The average Bonchev–Trinajstić information content (AvgIpc) is 1.99. The molecule has 0 aliphatic rings. The fraction of sp³-hybridized carbons (Fsp3) is 0.429. The Kier molecular flexibility index (Phi) is 3.68. The lowest BCUT2D eigenvalue weighted by molar-refractivity contribution is 0.208. The second-order valence-corrected chi connectivity index (χ2v) is 1.30. The van der Waals surface area contributed by atoms with Gasteiger partial charge in [0.2, 0.25) is 0 Å². The van der Waals surface area contributed by atoms with Crippen LogP contribution in [0.4, 0.5) is 0 Å². The van der Waals surface area contributed by atoms with E-state index in [1.54, 1.807) is 6.92 Å². The van der Waals surface area contributed by atoms with Crippen molar-refractivity contribution in [1.29, 1.82) is 1.34 Å². The second-order valence-electron chi connectivity index (χ2n) is 1.30. The summed E-state index contributed by atoms with van der Waals surface area (Å²) in [5.41, 5.74) is 0. The van der Waals surface area contributed by atoms with E-state index >= 15 is 0 Å². The van der Waals surface area contributed by atoms with Crippen LogP contribution < -0.4 is 0 Å². The molecule has 0 aromatic heterocycles. The maximum atomic E-state index is 6.79. The largest absolute Gasteiger partial charge is 0.379 e. The lowest BCUT2D eigenvalue weighted by atomic mass is 10.0. The van der Waals surface area contributed by atoms with Crippen molar-refractivity contribution in [3.05, 3.63) is 0 Å². The van der Waals surface area contributed by atoms with Crippen molar-refractivity contribution in [3.8, 4) is 23.7 Å². The second kappa shape index (κ2) is 5.28. The summed E-state index contributed by atoms with van der Waals surface area (Å²) < 4.78 is 11.6. The molecule has 0 rings (SSSR count). The van der Waals surface area contributed by atoms with Crippen LogP contribution in [0, 0.1) is 23.7 Å². The van der Waals surface area contributed by atoms with Crippen LogP contribution in [0.15, 0.2) is 0 Å². The summed E-state index contributed by atoms with van der Waals surface area (Å²) in [5, 5.41) is 0. The van der Waals surface area contributed by atoms with Gasteiger partial charge in [-0.2, -0.15) is 0 Å². The van der Waals surface area contributed by atoms with E-state index in [4.69, 9.17) is 6.07 Å². The van der Waals surface area contributed by atoms with Gasteiger partial charge in [0.25, 0.3) is 0 Å². The van der Waals surface area contributed by atoms with Crippen molar-refractivity contribution < 1.29 is 4.74 Å². The molecule has 1 atom stereocenters. The average molecular weight is 121 g/mol. The molecule has 0 bridgehead atoms. The van der Waals surface area contributed by atoms with E-state index in [9.17, 15) is 0 Å². The minimum absolute atomic E-state index is 0.416. The molecular formula is C7H8BO. The highest BCUT2D eigenvalue weighted by Gasteiger charge is 1.86. The SMILES string of the molecule is [3H][B]C(C#CC#CC)OC. The Labute approximate surface area is 58.5 Å². The maximum absolute atomic E-state index is 6.79. The van der Waals surface area contributed by atoms with E-state index in [0.29, 0.717) is 0 Å². The molecule has 45 valence electrons. The molecule has 1 unspecified atom stereocenters. The first-order valence-electron chi connectivity index (χ1n) is 3.09. The Hall–Kier alpha value is -0.855. The topological polar surface area (TPSA) is 9.23 Å². The van der Waals surface area contributed by atoms with E-state index in [0.717, 1.165) is 7.81 Å². The molecule has 0 aromatic carbocycles. The van der Waals surface area contributed by atoms with Crippen LogP contribution in [0.1, 0.15) is 6.92 Å². The summed E-state index contributed by atoms with van der Waals surface area (Å²) in [6, 6.07) is -0.416. The summed E-state index contributed by atoms with van der Waals surface area (Å²) in [4.78, 5) is 0. The van der Waals surface area contributed by atoms with Gasteiger partial charge in [0.05, 0.1) is 6.00 Å². The van der Waals surface area contributed by atoms with Crippen LogP contribution in [0.3, 0.4) is 0 Å². The van der Waals surface area contributed by atoms with Crippen molar-refractivity contribution in [1.82, 2.24) is 0 Å². The van der Waals surface area contributed by atoms with E-state index in [2.05, 4.69) is 23.7 Å². The molecule has 0 aliphatic carbocycles. The van der Waals surface area contributed by atoms with E-state index in [1.165, 1.54) is 7.11 Å². The van der Waals surface area contributed by atoms with Gasteiger partial charge in [0.15, 0.2) is 0 Å². The molecule has 0 saturated heterocycles. The fourth-order valence-electron chi connectivity index (χ4n) is 0.229. The molecule has 0 aromatic rings. The zero-order valence-electron chi connectivity index (χ0n) is 6.56. The molecule has 2 heteroatoms. The zero-order chi connectivity index (χ0) is 7.82. The Morgan fingerprint density at radius 1 is 1.67 bits per heavy atom. The molecule has 1 nitrogen and oxygen atoms in total. The minimum atomic E-state index is -0.416. The zero-order valence-corrected chi connectivity index (χ0v) is 5.56. The summed E-state index contributed by atoms with van der Waals surface area (Å²) in [5.74, 6) is 10.4. The third-order valence-corrected chi connectivity index (χ3v) is 0.656. The number of hydrogen-bond donors (Lipinski definition) is 0. The predicted octanol–water partition coefficient (Wildman–Crippen LogP) is -0.114. The number of methoxy groups -OCH3 is 1. The standard InChI is InChI=1S/C7H8BO/c1-3-4-5-6-7(8)9-2/h7-8H,1-2H3/i8T. The first-order valence-corrected chi connectivity index (χ1v) is 2.52. The Balaban J connectivity index is 3.82. The van der Waals surface area contributed by atoms with Crippen LogP contribution in [-0.2, 0) is 4.74 Å². The first-order chi connectivity index (χ1) is 4.85. The van der Waals surface area contributed by atoms with E-state index in [-0.39, 0.29) is 0 Å². The van der Waals surface area contributed by atoms with Gasteiger partial charge >= 0.3 is 0 Å². The monoisotopic (exact) mass is 121 g/mol. The third-order valence-electron chi connectivity index (χ3n) is 0.656. The molecule has 0 aliphatic heterocycles. The van der Waals surface area contributed by atoms with Gasteiger partial charge in [-0.3, -0.25) is 0 Å². The van der Waals surface area contributed by atoms with Crippen LogP contribution in [0.5, 0.6) is 0 Å². The molecule has 0 spiro atoms. The number of hydrogen-bond acceptors (Lipinski definition) is 1. The van der Waals surface area contributed by atoms with E-state index in [1.807, 2.05) is 0 Å². The van der Waals surface area contributed by atoms with Crippen molar-refractivity contribution in [3.63, 3.8) is 0 Å². The maximum Gasteiger partial charge on any atom is 0.144 e. The lowest BCUT2D eigenvalue weighted by Gasteiger charge is -1.95. The molecule has 0 N–H and O–H groups in total. The van der Waals surface area contributed by atoms with Gasteiger partial charge in [-0.15, -0.1) is 0 Å². The Bertz CT molecular complexity index is 189. The van der Waals surface area contributed by atoms with Crippen molar-refractivity contribution in [2.24, 2.45) is 0 Å². The predicted molar refractivity (Wildman–Crippen MR) is 39.2 cm³/mol. The molecule has 0 heterocycles. The summed E-state index contributed by atoms with van der Waals surface area (Å²) in [6.45, 7) is 1.71. The summed E-state index contributed by atoms with van der Waals surface area (Å²) in [6.07, 6.45) is 0. The van der Waals surface area contributed by atoms with Gasteiger partial charge in [-0.05, 0) is 20.1 Å². The molecule has 0 fully saturated rings. The minimum Gasteiger partial charge on any atom is -0.379 e. The highest BCUT2D eigenvalue weighted by atomic mass is 16.5. The Morgan fingerprint density at radius 3 is 2.89 bits per heavy atom. The molecule has 1 radical (unpaired) electrons. The molecule has 0 amide bonds. The third kappa shape index (κ3) is 5.01. The van der Waals surface area contributed by atoms with Gasteiger partial charge < -0.3 is 4.74 Å². The Morgan fingerprint density at radius 2 is 2.44 bits per heavy atom. The number of rotatable bonds is 2. The van der Waals surface area contributed by atoms with Gasteiger partial charge in [0, 0.05) is 7.11 Å². The summed E-state index contributed by atoms with van der Waals surface area (Å²) >= 11 is 0. The van der Waals surface area contributed by atoms with Gasteiger partial charge in [-0.1, -0.05) is 11.8 Å². The highest BCUT2D eigenvalue weighted by Crippen LogP contribution is 1.75. The highest BCUT2D eigenvalue weighted by molar-refractivity contribution is 6.13. The molecule has 9 heavy (non-hydrogen) atoms. The smallest absolute Gasteiger partial charge is 0.144 e. The lowest BCUT2D eigenvalue weighted by Crippen LogP contribution is -2.05. The fourth-order valence-corrected chi connectivity index (χ4v) is 0.229. The van der Waals surface area contributed by atoms with Crippen LogP contribution >= 0.6 is 0 Å². The van der Waals surface area contributed by atoms with Crippen LogP contribution in [0.2, 0.25) is 0 Å². The van der Waals surface area contributed by atoms with Gasteiger partial charge in [-0.25, -0.2) is 0 Å². The number of ether oxygens (including phenoxy) is 1. The van der Waals surface area contributed by atoms with Crippen LogP contribution in [0.25, 0.3) is 0 Å². The quantitative estimate of drug-likeness (QED) is 0.365. The van der Waals surface area contributed by atoms with Crippen molar-refractivity contribution >= 4 is 7.81 Å².